The van der Waals surface area contributed by atoms with Gasteiger partial charge in [0.1, 0.15) is 0 Å². The summed E-state index contributed by atoms with van der Waals surface area (Å²) in [7, 11) is 0. The second-order valence-electron chi connectivity index (χ2n) is 3.36. The van der Waals surface area contributed by atoms with E-state index in [9.17, 15) is 4.79 Å². The molecule has 0 aromatic rings. The van der Waals surface area contributed by atoms with Crippen molar-refractivity contribution in [1.82, 2.24) is 5.32 Å². The first-order valence-electron chi connectivity index (χ1n) is 4.68. The highest BCUT2D eigenvalue weighted by Gasteiger charge is 1.99. The third kappa shape index (κ3) is 6.34. The number of carbonyl (C=O) groups is 1. The lowest BCUT2D eigenvalue weighted by atomic mass is 10.1. The Kier molecular flexibility index (Phi) is 6.24. The molecule has 2 N–H and O–H groups in total. The highest BCUT2D eigenvalue weighted by atomic mass is 16.4. The third-order valence-electron chi connectivity index (χ3n) is 2.08. The third-order valence-corrected chi connectivity index (χ3v) is 2.08. The molecule has 76 valence electrons. The van der Waals surface area contributed by atoms with Gasteiger partial charge in [0.25, 0.3) is 0 Å². The molecule has 0 saturated carbocycles. The second-order valence-corrected chi connectivity index (χ2v) is 3.36. The minimum Gasteiger partial charge on any atom is -0.478 e. The number of carboxylic acids is 1. The maximum Gasteiger partial charge on any atom is 0.330 e. The van der Waals surface area contributed by atoms with E-state index < -0.39 is 5.97 Å². The number of aliphatic carboxylic acids is 1. The van der Waals surface area contributed by atoms with E-state index in [4.69, 9.17) is 5.11 Å². The van der Waals surface area contributed by atoms with Gasteiger partial charge in [0.15, 0.2) is 0 Å². The van der Waals surface area contributed by atoms with Gasteiger partial charge in [0.2, 0.25) is 0 Å². The largest absolute Gasteiger partial charge is 0.478 e. The molecule has 3 nitrogen and oxygen atoms in total. The van der Waals surface area contributed by atoms with Crippen molar-refractivity contribution in [2.75, 3.05) is 13.1 Å². The molecule has 0 rings (SSSR count). The number of nitrogens with one attached hydrogen (secondary N) is 1. The number of carboxylic acid groups (broad SMARTS) is 1. The Hall–Kier alpha value is -0.830. The van der Waals surface area contributed by atoms with Gasteiger partial charge in [-0.25, -0.2) is 4.79 Å². The predicted molar refractivity (Wildman–Crippen MR) is 53.7 cm³/mol. The maximum atomic E-state index is 10.4. The van der Waals surface area contributed by atoms with Gasteiger partial charge >= 0.3 is 5.97 Å². The highest BCUT2D eigenvalue weighted by Crippen LogP contribution is 1.97. The fraction of sp³-hybridized carbons (Fsp3) is 0.700. The van der Waals surface area contributed by atoms with Crippen LogP contribution in [0, 0.1) is 5.92 Å². The standard InChI is InChI=1S/C10H19NO2/c1-4-8(2)7-11-6-5-9(3)10(12)13/h5,8,11H,4,6-7H2,1-3H3,(H,12,13)/b9-5-. The summed E-state index contributed by atoms with van der Waals surface area (Å²) in [6.07, 6.45) is 2.85. The quantitative estimate of drug-likeness (QED) is 0.488. The Labute approximate surface area is 79.8 Å². The van der Waals surface area contributed by atoms with Crippen LogP contribution in [0.15, 0.2) is 11.6 Å². The molecule has 0 heterocycles. The van der Waals surface area contributed by atoms with Crippen LogP contribution in [-0.4, -0.2) is 24.2 Å². The van der Waals surface area contributed by atoms with Gasteiger partial charge < -0.3 is 10.4 Å². The summed E-state index contributed by atoms with van der Waals surface area (Å²) in [6.45, 7) is 7.50. The zero-order chi connectivity index (χ0) is 10.3. The average Bonchev–Trinajstić information content (AvgIpc) is 2.11. The molecular weight excluding hydrogens is 166 g/mol. The van der Waals surface area contributed by atoms with Gasteiger partial charge in [-0.1, -0.05) is 26.3 Å². The summed E-state index contributed by atoms with van der Waals surface area (Å²) in [5.74, 6) is -0.191. The summed E-state index contributed by atoms with van der Waals surface area (Å²) < 4.78 is 0. The van der Waals surface area contributed by atoms with Crippen LogP contribution in [-0.2, 0) is 4.79 Å². The molecule has 1 atom stereocenters. The van der Waals surface area contributed by atoms with E-state index in [1.165, 1.54) is 0 Å². The van der Waals surface area contributed by atoms with Crippen molar-refractivity contribution in [2.24, 2.45) is 5.92 Å². The highest BCUT2D eigenvalue weighted by molar-refractivity contribution is 5.85. The first-order valence-corrected chi connectivity index (χ1v) is 4.68. The summed E-state index contributed by atoms with van der Waals surface area (Å²) in [5.41, 5.74) is 0.400. The van der Waals surface area contributed by atoms with Crippen molar-refractivity contribution in [3.05, 3.63) is 11.6 Å². The van der Waals surface area contributed by atoms with Crippen LogP contribution >= 0.6 is 0 Å². The molecule has 0 saturated heterocycles. The van der Waals surface area contributed by atoms with Crippen LogP contribution < -0.4 is 5.32 Å². The zero-order valence-electron chi connectivity index (χ0n) is 8.63. The van der Waals surface area contributed by atoms with Crippen molar-refractivity contribution in [1.29, 1.82) is 0 Å². The van der Waals surface area contributed by atoms with Crippen molar-refractivity contribution in [3.63, 3.8) is 0 Å². The lowest BCUT2D eigenvalue weighted by molar-refractivity contribution is -0.132. The lowest BCUT2D eigenvalue weighted by Crippen LogP contribution is -2.21. The average molecular weight is 185 g/mol. The number of hydrogen-bond donors (Lipinski definition) is 2. The van der Waals surface area contributed by atoms with Gasteiger partial charge in [-0.15, -0.1) is 0 Å². The first-order chi connectivity index (χ1) is 6.07. The van der Waals surface area contributed by atoms with Gasteiger partial charge in [-0.3, -0.25) is 0 Å². The van der Waals surface area contributed by atoms with Crippen LogP contribution in [0.3, 0.4) is 0 Å². The molecule has 0 aliphatic carbocycles. The Balaban J connectivity index is 3.55. The van der Waals surface area contributed by atoms with E-state index in [-0.39, 0.29) is 0 Å². The Bertz CT molecular complexity index is 187. The van der Waals surface area contributed by atoms with Crippen LogP contribution in [0.25, 0.3) is 0 Å². The van der Waals surface area contributed by atoms with Crippen molar-refractivity contribution in [3.8, 4) is 0 Å². The molecule has 13 heavy (non-hydrogen) atoms. The molecule has 0 aromatic carbocycles. The molecule has 0 spiro atoms. The second kappa shape index (κ2) is 6.66. The van der Waals surface area contributed by atoms with Crippen LogP contribution in [0.2, 0.25) is 0 Å². The molecule has 0 bridgehead atoms. The Morgan fingerprint density at radius 2 is 2.23 bits per heavy atom. The molecule has 0 aromatic heterocycles. The fourth-order valence-electron chi connectivity index (χ4n) is 0.787. The molecule has 0 aliphatic rings. The van der Waals surface area contributed by atoms with Crippen molar-refractivity contribution >= 4 is 5.97 Å². The maximum absolute atomic E-state index is 10.4. The Morgan fingerprint density at radius 1 is 1.62 bits per heavy atom. The van der Waals surface area contributed by atoms with E-state index >= 15 is 0 Å². The summed E-state index contributed by atoms with van der Waals surface area (Å²) in [5, 5.41) is 11.7. The minimum atomic E-state index is -0.842. The molecular formula is C10H19NO2. The zero-order valence-corrected chi connectivity index (χ0v) is 8.63. The van der Waals surface area contributed by atoms with E-state index in [0.29, 0.717) is 18.0 Å². The topological polar surface area (TPSA) is 49.3 Å². The Morgan fingerprint density at radius 3 is 2.69 bits per heavy atom. The normalized spacial score (nSPS) is 14.2. The van der Waals surface area contributed by atoms with Crippen LogP contribution in [0.4, 0.5) is 0 Å². The lowest BCUT2D eigenvalue weighted by Gasteiger charge is -2.07. The van der Waals surface area contributed by atoms with Crippen molar-refractivity contribution in [2.45, 2.75) is 27.2 Å². The van der Waals surface area contributed by atoms with Gasteiger partial charge in [-0.2, -0.15) is 0 Å². The summed E-state index contributed by atoms with van der Waals surface area (Å²) >= 11 is 0. The molecule has 3 heteroatoms. The van der Waals surface area contributed by atoms with E-state index in [2.05, 4.69) is 19.2 Å². The minimum absolute atomic E-state index is 0.400. The number of rotatable bonds is 6. The molecule has 0 radical (unpaired) electrons. The van der Waals surface area contributed by atoms with Crippen LogP contribution in [0.1, 0.15) is 27.2 Å². The van der Waals surface area contributed by atoms with E-state index in [1.54, 1.807) is 13.0 Å². The molecule has 0 aliphatic heterocycles. The van der Waals surface area contributed by atoms with Gasteiger partial charge in [0.05, 0.1) is 0 Å². The predicted octanol–water partition coefficient (Wildman–Crippen LogP) is 1.65. The number of hydrogen-bond acceptors (Lipinski definition) is 2. The van der Waals surface area contributed by atoms with E-state index in [1.807, 2.05) is 0 Å². The smallest absolute Gasteiger partial charge is 0.330 e. The molecule has 0 amide bonds. The van der Waals surface area contributed by atoms with Crippen molar-refractivity contribution < 1.29 is 9.90 Å². The summed E-state index contributed by atoms with van der Waals surface area (Å²) in [6, 6.07) is 0. The fourth-order valence-corrected chi connectivity index (χ4v) is 0.787. The van der Waals surface area contributed by atoms with Gasteiger partial charge in [-0.05, 0) is 19.4 Å². The molecule has 1 unspecified atom stereocenters. The van der Waals surface area contributed by atoms with Gasteiger partial charge in [0, 0.05) is 12.1 Å². The first kappa shape index (κ1) is 12.2. The van der Waals surface area contributed by atoms with E-state index in [0.717, 1.165) is 13.0 Å². The summed E-state index contributed by atoms with van der Waals surface area (Å²) in [4.78, 5) is 10.4. The molecule has 0 fully saturated rings. The monoisotopic (exact) mass is 185 g/mol. The van der Waals surface area contributed by atoms with Crippen LogP contribution in [0.5, 0.6) is 0 Å². The SMILES string of the molecule is CCC(C)CNC/C=C(/C)C(=O)O.